The molecule has 4 nitrogen and oxygen atoms in total. The van der Waals surface area contributed by atoms with E-state index in [2.05, 4.69) is 6.92 Å². The molecule has 1 saturated heterocycles. The molecule has 0 aromatic heterocycles. The van der Waals surface area contributed by atoms with Gasteiger partial charge in [-0.05, 0) is 18.4 Å². The van der Waals surface area contributed by atoms with E-state index in [1.807, 2.05) is 36.2 Å². The summed E-state index contributed by atoms with van der Waals surface area (Å²) in [4.78, 5) is 27.7. The topological polar surface area (TPSA) is 40.6 Å². The zero-order valence-corrected chi connectivity index (χ0v) is 12.3. The number of Topliss-reactive ketones (excluding diaryl/α,β-unsaturated/α-hetero) is 1. The maximum Gasteiger partial charge on any atom is 0.236 e. The Morgan fingerprint density at radius 3 is 2.55 bits per heavy atom. The van der Waals surface area contributed by atoms with Gasteiger partial charge in [0.1, 0.15) is 0 Å². The number of carbonyl (C=O) groups is 2. The summed E-state index contributed by atoms with van der Waals surface area (Å²) in [6.45, 7) is 4.33. The maximum absolute atomic E-state index is 12.2. The van der Waals surface area contributed by atoms with E-state index in [0.29, 0.717) is 13.1 Å². The SMILES string of the molecule is CCc1ccc(C(=O)CN2CCCN(C)C(=O)C2)cc1. The van der Waals surface area contributed by atoms with Gasteiger partial charge in [0.15, 0.2) is 5.78 Å². The Hall–Kier alpha value is -1.68. The van der Waals surface area contributed by atoms with Crippen LogP contribution in [0.25, 0.3) is 0 Å². The molecule has 0 N–H and O–H groups in total. The van der Waals surface area contributed by atoms with Crippen LogP contribution in [-0.4, -0.2) is 54.7 Å². The van der Waals surface area contributed by atoms with E-state index in [-0.39, 0.29) is 11.7 Å². The molecule has 1 aromatic rings. The number of hydrogen-bond donors (Lipinski definition) is 0. The molecule has 2 rings (SSSR count). The highest BCUT2D eigenvalue weighted by Gasteiger charge is 2.21. The van der Waals surface area contributed by atoms with Crippen LogP contribution >= 0.6 is 0 Å². The lowest BCUT2D eigenvalue weighted by Gasteiger charge is -2.18. The molecular formula is C16H22N2O2. The van der Waals surface area contributed by atoms with Crippen LogP contribution in [0.4, 0.5) is 0 Å². The van der Waals surface area contributed by atoms with Gasteiger partial charge in [0.25, 0.3) is 0 Å². The smallest absolute Gasteiger partial charge is 0.236 e. The Morgan fingerprint density at radius 1 is 1.20 bits per heavy atom. The third kappa shape index (κ3) is 3.67. The van der Waals surface area contributed by atoms with Crippen molar-refractivity contribution in [2.75, 3.05) is 33.2 Å². The van der Waals surface area contributed by atoms with Crippen molar-refractivity contribution >= 4 is 11.7 Å². The number of ketones is 1. The number of hydrogen-bond acceptors (Lipinski definition) is 3. The molecule has 0 radical (unpaired) electrons. The standard InChI is InChI=1S/C16H22N2O2/c1-3-13-5-7-14(8-6-13)15(19)11-18-10-4-9-17(2)16(20)12-18/h5-8H,3-4,9-12H2,1-2H3. The Balaban J connectivity index is 1.97. The van der Waals surface area contributed by atoms with Gasteiger partial charge >= 0.3 is 0 Å². The second-order valence-corrected chi connectivity index (χ2v) is 5.35. The molecule has 1 fully saturated rings. The summed E-state index contributed by atoms with van der Waals surface area (Å²) >= 11 is 0. The van der Waals surface area contributed by atoms with E-state index in [0.717, 1.165) is 31.5 Å². The van der Waals surface area contributed by atoms with Crippen molar-refractivity contribution < 1.29 is 9.59 Å². The number of amides is 1. The van der Waals surface area contributed by atoms with Crippen LogP contribution in [0, 0.1) is 0 Å². The van der Waals surface area contributed by atoms with Crippen LogP contribution in [0.5, 0.6) is 0 Å². The first-order valence-electron chi connectivity index (χ1n) is 7.18. The predicted molar refractivity (Wildman–Crippen MR) is 78.8 cm³/mol. The third-order valence-electron chi connectivity index (χ3n) is 3.80. The molecular weight excluding hydrogens is 252 g/mol. The molecule has 0 spiro atoms. The first-order valence-corrected chi connectivity index (χ1v) is 7.18. The van der Waals surface area contributed by atoms with Crippen LogP contribution in [0.2, 0.25) is 0 Å². The van der Waals surface area contributed by atoms with Gasteiger partial charge in [0.2, 0.25) is 5.91 Å². The highest BCUT2D eigenvalue weighted by molar-refractivity contribution is 5.97. The Morgan fingerprint density at radius 2 is 1.90 bits per heavy atom. The maximum atomic E-state index is 12.2. The summed E-state index contributed by atoms with van der Waals surface area (Å²) in [6, 6.07) is 7.75. The molecule has 0 bridgehead atoms. The van der Waals surface area contributed by atoms with Crippen molar-refractivity contribution in [3.63, 3.8) is 0 Å². The molecule has 0 saturated carbocycles. The Kier molecular flexibility index (Phi) is 4.90. The lowest BCUT2D eigenvalue weighted by Crippen LogP contribution is -2.37. The normalized spacial score (nSPS) is 17.1. The van der Waals surface area contributed by atoms with Gasteiger partial charge in [0.05, 0.1) is 13.1 Å². The lowest BCUT2D eigenvalue weighted by atomic mass is 10.1. The number of likely N-dealkylation sites (N-methyl/N-ethyl adjacent to an activating group) is 1. The molecule has 1 aliphatic heterocycles. The molecule has 108 valence electrons. The molecule has 1 heterocycles. The fourth-order valence-electron chi connectivity index (χ4n) is 2.40. The van der Waals surface area contributed by atoms with E-state index >= 15 is 0 Å². The lowest BCUT2D eigenvalue weighted by molar-refractivity contribution is -0.129. The van der Waals surface area contributed by atoms with Crippen molar-refractivity contribution in [2.24, 2.45) is 0 Å². The van der Waals surface area contributed by atoms with Crippen LogP contribution < -0.4 is 0 Å². The summed E-state index contributed by atoms with van der Waals surface area (Å²) in [5, 5.41) is 0. The molecule has 1 aliphatic rings. The zero-order valence-electron chi connectivity index (χ0n) is 12.3. The van der Waals surface area contributed by atoms with Gasteiger partial charge in [0, 0.05) is 25.7 Å². The highest BCUT2D eigenvalue weighted by Crippen LogP contribution is 2.08. The molecule has 4 heteroatoms. The van der Waals surface area contributed by atoms with Gasteiger partial charge < -0.3 is 4.90 Å². The van der Waals surface area contributed by atoms with E-state index in [9.17, 15) is 9.59 Å². The Bertz CT molecular complexity index is 482. The van der Waals surface area contributed by atoms with Crippen molar-refractivity contribution in [3.05, 3.63) is 35.4 Å². The number of nitrogens with zero attached hydrogens (tertiary/aromatic N) is 2. The molecule has 20 heavy (non-hydrogen) atoms. The van der Waals surface area contributed by atoms with Gasteiger partial charge in [-0.2, -0.15) is 0 Å². The van der Waals surface area contributed by atoms with Crippen molar-refractivity contribution in [2.45, 2.75) is 19.8 Å². The minimum absolute atomic E-state index is 0.0880. The van der Waals surface area contributed by atoms with Crippen molar-refractivity contribution in [1.29, 1.82) is 0 Å². The van der Waals surface area contributed by atoms with Gasteiger partial charge in [-0.15, -0.1) is 0 Å². The summed E-state index contributed by atoms with van der Waals surface area (Å²) in [7, 11) is 1.82. The van der Waals surface area contributed by atoms with Crippen LogP contribution in [0.1, 0.15) is 29.3 Å². The minimum Gasteiger partial charge on any atom is -0.345 e. The second kappa shape index (κ2) is 6.66. The molecule has 0 atom stereocenters. The van der Waals surface area contributed by atoms with E-state index in [1.54, 1.807) is 4.90 Å². The van der Waals surface area contributed by atoms with Crippen molar-refractivity contribution in [1.82, 2.24) is 9.80 Å². The van der Waals surface area contributed by atoms with Crippen LogP contribution in [-0.2, 0) is 11.2 Å². The number of aryl methyl sites for hydroxylation is 1. The first-order chi connectivity index (χ1) is 9.60. The van der Waals surface area contributed by atoms with E-state index < -0.39 is 0 Å². The summed E-state index contributed by atoms with van der Waals surface area (Å²) in [5.74, 6) is 0.182. The van der Waals surface area contributed by atoms with E-state index in [1.165, 1.54) is 5.56 Å². The number of rotatable bonds is 4. The minimum atomic E-state index is 0.0880. The summed E-state index contributed by atoms with van der Waals surface area (Å²) in [6.07, 6.45) is 1.89. The average molecular weight is 274 g/mol. The van der Waals surface area contributed by atoms with Crippen LogP contribution in [0.3, 0.4) is 0 Å². The summed E-state index contributed by atoms with van der Waals surface area (Å²) < 4.78 is 0. The largest absolute Gasteiger partial charge is 0.345 e. The number of carbonyl (C=O) groups excluding carboxylic acids is 2. The predicted octanol–water partition coefficient (Wildman–Crippen LogP) is 1.60. The first kappa shape index (κ1) is 14.7. The summed E-state index contributed by atoms with van der Waals surface area (Å²) in [5.41, 5.74) is 1.96. The second-order valence-electron chi connectivity index (χ2n) is 5.35. The molecule has 1 aromatic carbocycles. The fraction of sp³-hybridized carbons (Fsp3) is 0.500. The Labute approximate surface area is 120 Å². The van der Waals surface area contributed by atoms with E-state index in [4.69, 9.17) is 0 Å². The van der Waals surface area contributed by atoms with Gasteiger partial charge in [-0.25, -0.2) is 0 Å². The van der Waals surface area contributed by atoms with Crippen LogP contribution in [0.15, 0.2) is 24.3 Å². The van der Waals surface area contributed by atoms with Gasteiger partial charge in [-0.3, -0.25) is 14.5 Å². The average Bonchev–Trinajstić information content (AvgIpc) is 2.61. The number of benzene rings is 1. The van der Waals surface area contributed by atoms with Crippen molar-refractivity contribution in [3.8, 4) is 0 Å². The molecule has 1 amide bonds. The fourth-order valence-corrected chi connectivity index (χ4v) is 2.40. The monoisotopic (exact) mass is 274 g/mol. The zero-order chi connectivity index (χ0) is 14.5. The van der Waals surface area contributed by atoms with Gasteiger partial charge in [-0.1, -0.05) is 31.2 Å². The third-order valence-corrected chi connectivity index (χ3v) is 3.80. The molecule has 0 unspecified atom stereocenters. The quantitative estimate of drug-likeness (QED) is 0.783. The molecule has 0 aliphatic carbocycles. The highest BCUT2D eigenvalue weighted by atomic mass is 16.2.